The average molecular weight is 263 g/mol. The molecular formula is C11H25N3O2S. The highest BCUT2D eigenvalue weighted by Gasteiger charge is 2.32. The Bertz CT molecular complexity index is 341. The zero-order chi connectivity index (χ0) is 13.1. The number of likely N-dealkylation sites (tertiary alicyclic amines) is 1. The molecule has 3 N–H and O–H groups in total. The lowest BCUT2D eigenvalue weighted by molar-refractivity contribution is 0.0974. The van der Waals surface area contributed by atoms with E-state index < -0.39 is 10.0 Å². The van der Waals surface area contributed by atoms with E-state index in [9.17, 15) is 8.42 Å². The largest absolute Gasteiger partial charge is 0.327 e. The van der Waals surface area contributed by atoms with Crippen LogP contribution in [0.15, 0.2) is 0 Å². The van der Waals surface area contributed by atoms with Crippen LogP contribution in [0.2, 0.25) is 0 Å². The highest BCUT2D eigenvalue weighted by atomic mass is 32.2. The number of rotatable bonds is 5. The summed E-state index contributed by atoms with van der Waals surface area (Å²) >= 11 is 0. The van der Waals surface area contributed by atoms with E-state index in [0.29, 0.717) is 6.54 Å². The van der Waals surface area contributed by atoms with Crippen LogP contribution < -0.4 is 10.5 Å². The van der Waals surface area contributed by atoms with Gasteiger partial charge in [-0.05, 0) is 25.3 Å². The molecule has 0 amide bonds. The first-order valence-electron chi connectivity index (χ1n) is 6.22. The Labute approximate surface area is 105 Å². The molecule has 0 aromatic carbocycles. The molecule has 17 heavy (non-hydrogen) atoms. The molecule has 1 atom stereocenters. The standard InChI is InChI=1S/C11H25N3O2S/c1-4-17(15,16)13-6-8-14-7-5-10(12)11(2,3)9-14/h10,13H,4-9,12H2,1-3H3. The Morgan fingerprint density at radius 3 is 2.65 bits per heavy atom. The molecule has 0 aromatic heterocycles. The quantitative estimate of drug-likeness (QED) is 0.731. The molecule has 1 unspecified atom stereocenters. The number of nitrogens with two attached hydrogens (primary N) is 1. The first-order chi connectivity index (χ1) is 7.77. The fourth-order valence-electron chi connectivity index (χ4n) is 2.14. The maximum absolute atomic E-state index is 11.3. The SMILES string of the molecule is CCS(=O)(=O)NCCN1CCC(N)C(C)(C)C1. The Kier molecular flexibility index (Phi) is 4.95. The monoisotopic (exact) mass is 263 g/mol. The second kappa shape index (κ2) is 5.65. The van der Waals surface area contributed by atoms with E-state index >= 15 is 0 Å². The summed E-state index contributed by atoms with van der Waals surface area (Å²) in [6.07, 6.45) is 0.980. The number of nitrogens with one attached hydrogen (secondary N) is 1. The third kappa shape index (κ3) is 4.54. The fraction of sp³-hybridized carbons (Fsp3) is 1.00. The van der Waals surface area contributed by atoms with Crippen molar-refractivity contribution >= 4 is 10.0 Å². The molecule has 0 saturated carbocycles. The van der Waals surface area contributed by atoms with Gasteiger partial charge >= 0.3 is 0 Å². The predicted molar refractivity (Wildman–Crippen MR) is 70.3 cm³/mol. The maximum atomic E-state index is 11.3. The minimum atomic E-state index is -3.06. The summed E-state index contributed by atoms with van der Waals surface area (Å²) < 4.78 is 25.1. The van der Waals surface area contributed by atoms with Crippen molar-refractivity contribution < 1.29 is 8.42 Å². The van der Waals surface area contributed by atoms with Gasteiger partial charge in [-0.25, -0.2) is 13.1 Å². The zero-order valence-corrected chi connectivity index (χ0v) is 11.9. The van der Waals surface area contributed by atoms with Gasteiger partial charge in [-0.1, -0.05) is 13.8 Å². The van der Waals surface area contributed by atoms with Crippen LogP contribution in [0.4, 0.5) is 0 Å². The molecule has 1 saturated heterocycles. The molecule has 0 radical (unpaired) electrons. The third-order valence-electron chi connectivity index (χ3n) is 3.52. The molecule has 6 heteroatoms. The van der Waals surface area contributed by atoms with Gasteiger partial charge in [-0.15, -0.1) is 0 Å². The van der Waals surface area contributed by atoms with Crippen LogP contribution in [0.1, 0.15) is 27.2 Å². The number of piperidine rings is 1. The van der Waals surface area contributed by atoms with Gasteiger partial charge in [0.1, 0.15) is 0 Å². The van der Waals surface area contributed by atoms with Crippen molar-refractivity contribution in [2.24, 2.45) is 11.1 Å². The summed E-state index contributed by atoms with van der Waals surface area (Å²) in [5.41, 5.74) is 6.17. The van der Waals surface area contributed by atoms with Gasteiger partial charge in [0.2, 0.25) is 10.0 Å². The Morgan fingerprint density at radius 2 is 2.12 bits per heavy atom. The Hall–Kier alpha value is -0.170. The Morgan fingerprint density at radius 1 is 1.47 bits per heavy atom. The van der Waals surface area contributed by atoms with Crippen LogP contribution in [0, 0.1) is 5.41 Å². The van der Waals surface area contributed by atoms with Gasteiger partial charge in [-0.3, -0.25) is 0 Å². The smallest absolute Gasteiger partial charge is 0.211 e. The third-order valence-corrected chi connectivity index (χ3v) is 4.93. The summed E-state index contributed by atoms with van der Waals surface area (Å²) in [5, 5.41) is 0. The lowest BCUT2D eigenvalue weighted by atomic mass is 9.80. The molecule has 1 aliphatic heterocycles. The van der Waals surface area contributed by atoms with Crippen LogP contribution in [-0.4, -0.2) is 51.3 Å². The minimum absolute atomic E-state index is 0.113. The zero-order valence-electron chi connectivity index (χ0n) is 11.1. The molecule has 1 rings (SSSR count). The van der Waals surface area contributed by atoms with Gasteiger partial charge in [0, 0.05) is 25.7 Å². The molecule has 1 fully saturated rings. The van der Waals surface area contributed by atoms with Crippen LogP contribution in [-0.2, 0) is 10.0 Å². The van der Waals surface area contributed by atoms with Crippen LogP contribution in [0.25, 0.3) is 0 Å². The van der Waals surface area contributed by atoms with E-state index in [-0.39, 0.29) is 17.2 Å². The maximum Gasteiger partial charge on any atom is 0.211 e. The first kappa shape index (κ1) is 14.9. The van der Waals surface area contributed by atoms with Crippen molar-refractivity contribution in [2.45, 2.75) is 33.2 Å². The van der Waals surface area contributed by atoms with E-state index in [0.717, 1.165) is 26.1 Å². The van der Waals surface area contributed by atoms with Gasteiger partial charge < -0.3 is 10.6 Å². The highest BCUT2D eigenvalue weighted by molar-refractivity contribution is 7.89. The number of nitrogens with zero attached hydrogens (tertiary/aromatic N) is 1. The fourth-order valence-corrected chi connectivity index (χ4v) is 2.74. The summed E-state index contributed by atoms with van der Waals surface area (Å²) in [6.45, 7) is 9.11. The Balaban J connectivity index is 2.35. The van der Waals surface area contributed by atoms with Crippen molar-refractivity contribution in [3.05, 3.63) is 0 Å². The first-order valence-corrected chi connectivity index (χ1v) is 7.87. The van der Waals surface area contributed by atoms with E-state index in [1.54, 1.807) is 6.92 Å². The normalized spacial score (nSPS) is 26.0. The van der Waals surface area contributed by atoms with Crippen molar-refractivity contribution in [2.75, 3.05) is 31.9 Å². The summed E-state index contributed by atoms with van der Waals surface area (Å²) in [6, 6.07) is 0.242. The lowest BCUT2D eigenvalue weighted by Gasteiger charge is -2.42. The second-order valence-corrected chi connectivity index (χ2v) is 7.55. The molecule has 1 heterocycles. The summed E-state index contributed by atoms with van der Waals surface area (Å²) in [4.78, 5) is 2.28. The minimum Gasteiger partial charge on any atom is -0.327 e. The number of hydrogen-bond donors (Lipinski definition) is 2. The second-order valence-electron chi connectivity index (χ2n) is 5.46. The van der Waals surface area contributed by atoms with E-state index in [1.807, 2.05) is 0 Å². The molecule has 102 valence electrons. The summed E-state index contributed by atoms with van der Waals surface area (Å²) in [5.74, 6) is 0.142. The molecule has 0 aliphatic carbocycles. The van der Waals surface area contributed by atoms with Crippen LogP contribution >= 0.6 is 0 Å². The molecule has 0 aromatic rings. The molecular weight excluding hydrogens is 238 g/mol. The van der Waals surface area contributed by atoms with Gasteiger partial charge in [-0.2, -0.15) is 0 Å². The highest BCUT2D eigenvalue weighted by Crippen LogP contribution is 2.27. The van der Waals surface area contributed by atoms with Gasteiger partial charge in [0.15, 0.2) is 0 Å². The van der Waals surface area contributed by atoms with Gasteiger partial charge in [0.25, 0.3) is 0 Å². The molecule has 1 aliphatic rings. The van der Waals surface area contributed by atoms with Gasteiger partial charge in [0.05, 0.1) is 5.75 Å². The van der Waals surface area contributed by atoms with E-state index in [4.69, 9.17) is 5.73 Å². The molecule has 5 nitrogen and oxygen atoms in total. The van der Waals surface area contributed by atoms with Crippen molar-refractivity contribution in [3.8, 4) is 0 Å². The molecule has 0 bridgehead atoms. The van der Waals surface area contributed by atoms with Crippen LogP contribution in [0.5, 0.6) is 0 Å². The van der Waals surface area contributed by atoms with Crippen LogP contribution in [0.3, 0.4) is 0 Å². The van der Waals surface area contributed by atoms with Crippen molar-refractivity contribution in [1.29, 1.82) is 0 Å². The predicted octanol–water partition coefficient (Wildman–Crippen LogP) is -0.0151. The van der Waals surface area contributed by atoms with E-state index in [1.165, 1.54) is 0 Å². The summed E-state index contributed by atoms with van der Waals surface area (Å²) in [7, 11) is -3.06. The number of hydrogen-bond acceptors (Lipinski definition) is 4. The van der Waals surface area contributed by atoms with Crippen molar-refractivity contribution in [1.82, 2.24) is 9.62 Å². The lowest BCUT2D eigenvalue weighted by Crippen LogP contribution is -2.53. The number of sulfonamides is 1. The average Bonchev–Trinajstić information content (AvgIpc) is 2.23. The van der Waals surface area contributed by atoms with E-state index in [2.05, 4.69) is 23.5 Å². The topological polar surface area (TPSA) is 75.4 Å². The van der Waals surface area contributed by atoms with Crippen molar-refractivity contribution in [3.63, 3.8) is 0 Å². The molecule has 0 spiro atoms.